The molecule has 2 nitrogen and oxygen atoms in total. The lowest BCUT2D eigenvalue weighted by Crippen LogP contribution is -2.00. The molecule has 0 saturated heterocycles. The molecule has 0 aliphatic rings. The van der Waals surface area contributed by atoms with Gasteiger partial charge in [-0.1, -0.05) is 25.4 Å². The number of halogens is 1. The number of pyridine rings is 1. The second-order valence-corrected chi connectivity index (χ2v) is 3.37. The molecule has 3 heteroatoms. The molecule has 0 aliphatic carbocycles. The first-order valence-electron chi connectivity index (χ1n) is 3.99. The highest BCUT2D eigenvalue weighted by Crippen LogP contribution is 2.28. The summed E-state index contributed by atoms with van der Waals surface area (Å²) in [6, 6.07) is 1.82. The van der Waals surface area contributed by atoms with Gasteiger partial charge in [0, 0.05) is 23.8 Å². The maximum absolute atomic E-state index is 6.02. The van der Waals surface area contributed by atoms with Crippen molar-refractivity contribution in [3.63, 3.8) is 0 Å². The molecule has 0 aromatic carbocycles. The Morgan fingerprint density at radius 1 is 1.50 bits per heavy atom. The van der Waals surface area contributed by atoms with E-state index in [1.54, 1.807) is 6.20 Å². The average Bonchev–Trinajstić information content (AvgIpc) is 2.03. The molecule has 0 aliphatic heterocycles. The van der Waals surface area contributed by atoms with Crippen molar-refractivity contribution in [2.45, 2.75) is 19.8 Å². The van der Waals surface area contributed by atoms with Gasteiger partial charge in [0.15, 0.2) is 0 Å². The van der Waals surface area contributed by atoms with Crippen LogP contribution < -0.4 is 5.32 Å². The molecule has 66 valence electrons. The minimum absolute atomic E-state index is 0.397. The summed E-state index contributed by atoms with van der Waals surface area (Å²) in [7, 11) is 1.85. The van der Waals surface area contributed by atoms with Crippen molar-refractivity contribution in [2.24, 2.45) is 0 Å². The fourth-order valence-corrected chi connectivity index (χ4v) is 1.56. The lowest BCUT2D eigenvalue weighted by Gasteiger charge is -2.12. The van der Waals surface area contributed by atoms with E-state index in [1.807, 2.05) is 13.1 Å². The molecule has 0 amide bonds. The number of aromatic nitrogens is 1. The number of hydrogen-bond acceptors (Lipinski definition) is 2. The van der Waals surface area contributed by atoms with Crippen molar-refractivity contribution in [1.82, 2.24) is 4.98 Å². The van der Waals surface area contributed by atoms with Gasteiger partial charge in [0.2, 0.25) is 0 Å². The van der Waals surface area contributed by atoms with Gasteiger partial charge in [-0.25, -0.2) is 4.98 Å². The van der Waals surface area contributed by atoms with Crippen LogP contribution in [-0.2, 0) is 0 Å². The largest absolute Gasteiger partial charge is 0.373 e. The predicted molar refractivity (Wildman–Crippen MR) is 52.9 cm³/mol. The van der Waals surface area contributed by atoms with E-state index in [0.29, 0.717) is 5.92 Å². The van der Waals surface area contributed by atoms with Crippen LogP contribution >= 0.6 is 11.6 Å². The summed E-state index contributed by atoms with van der Waals surface area (Å²) in [6.07, 6.45) is 1.71. The number of hydrogen-bond donors (Lipinski definition) is 1. The zero-order chi connectivity index (χ0) is 9.14. The van der Waals surface area contributed by atoms with Crippen molar-refractivity contribution in [2.75, 3.05) is 12.4 Å². The average molecular weight is 185 g/mol. The van der Waals surface area contributed by atoms with Crippen molar-refractivity contribution >= 4 is 17.4 Å². The second kappa shape index (κ2) is 3.76. The van der Waals surface area contributed by atoms with Gasteiger partial charge in [-0.3, -0.25) is 0 Å². The first-order valence-corrected chi connectivity index (χ1v) is 4.36. The molecule has 1 rings (SSSR count). The first kappa shape index (κ1) is 9.33. The Bertz CT molecular complexity index is 271. The molecule has 1 heterocycles. The molecule has 0 unspecified atom stereocenters. The molecular weight excluding hydrogens is 172 g/mol. The van der Waals surface area contributed by atoms with E-state index >= 15 is 0 Å². The minimum atomic E-state index is 0.397. The number of nitrogens with zero attached hydrogens (tertiary/aromatic N) is 1. The third-order valence-electron chi connectivity index (χ3n) is 1.75. The van der Waals surface area contributed by atoms with E-state index in [-0.39, 0.29) is 0 Å². The zero-order valence-electron chi connectivity index (χ0n) is 7.56. The van der Waals surface area contributed by atoms with E-state index in [1.165, 1.54) is 0 Å². The van der Waals surface area contributed by atoms with E-state index < -0.39 is 0 Å². The third kappa shape index (κ3) is 1.69. The summed E-state index contributed by atoms with van der Waals surface area (Å²) in [5, 5.41) is 3.80. The summed E-state index contributed by atoms with van der Waals surface area (Å²) in [5.74, 6) is 1.27. The molecular formula is C9H13ClN2. The van der Waals surface area contributed by atoms with Crippen LogP contribution in [0.4, 0.5) is 5.82 Å². The Kier molecular flexibility index (Phi) is 2.93. The topological polar surface area (TPSA) is 24.9 Å². The van der Waals surface area contributed by atoms with Gasteiger partial charge in [-0.05, 0) is 12.0 Å². The van der Waals surface area contributed by atoms with Gasteiger partial charge >= 0.3 is 0 Å². The van der Waals surface area contributed by atoms with Crippen LogP contribution in [0.5, 0.6) is 0 Å². The molecule has 0 fully saturated rings. The highest BCUT2D eigenvalue weighted by atomic mass is 35.5. The van der Waals surface area contributed by atoms with Crippen LogP contribution in [0.25, 0.3) is 0 Å². The van der Waals surface area contributed by atoms with Gasteiger partial charge < -0.3 is 5.32 Å². The summed E-state index contributed by atoms with van der Waals surface area (Å²) in [6.45, 7) is 4.20. The Morgan fingerprint density at radius 3 is 2.58 bits per heavy atom. The summed E-state index contributed by atoms with van der Waals surface area (Å²) < 4.78 is 0. The summed E-state index contributed by atoms with van der Waals surface area (Å²) >= 11 is 6.02. The first-order chi connectivity index (χ1) is 5.66. The quantitative estimate of drug-likeness (QED) is 0.765. The Hall–Kier alpha value is -0.760. The van der Waals surface area contributed by atoms with Crippen molar-refractivity contribution < 1.29 is 0 Å². The lowest BCUT2D eigenvalue weighted by atomic mass is 10.0. The fourth-order valence-electron chi connectivity index (χ4n) is 1.20. The molecule has 1 N–H and O–H groups in total. The highest BCUT2D eigenvalue weighted by molar-refractivity contribution is 6.31. The Labute approximate surface area is 78.0 Å². The Balaban J connectivity index is 3.20. The molecule has 0 spiro atoms. The van der Waals surface area contributed by atoms with Crippen molar-refractivity contribution in [3.05, 3.63) is 22.8 Å². The molecule has 0 saturated carbocycles. The van der Waals surface area contributed by atoms with Crippen LogP contribution in [-0.4, -0.2) is 12.0 Å². The molecule has 0 atom stereocenters. The number of rotatable bonds is 2. The Morgan fingerprint density at radius 2 is 2.17 bits per heavy atom. The molecule has 1 aromatic rings. The lowest BCUT2D eigenvalue weighted by molar-refractivity contribution is 0.861. The maximum Gasteiger partial charge on any atom is 0.130 e. The zero-order valence-corrected chi connectivity index (χ0v) is 8.31. The maximum atomic E-state index is 6.02. The van der Waals surface area contributed by atoms with E-state index in [2.05, 4.69) is 24.1 Å². The van der Waals surface area contributed by atoms with Gasteiger partial charge in [-0.15, -0.1) is 0 Å². The molecule has 0 bridgehead atoms. The van der Waals surface area contributed by atoms with Crippen LogP contribution in [0.15, 0.2) is 12.3 Å². The van der Waals surface area contributed by atoms with E-state index in [0.717, 1.165) is 16.4 Å². The van der Waals surface area contributed by atoms with Crippen LogP contribution in [0, 0.1) is 0 Å². The molecule has 0 radical (unpaired) electrons. The SMILES string of the molecule is CNc1nccc(Cl)c1C(C)C. The smallest absolute Gasteiger partial charge is 0.130 e. The van der Waals surface area contributed by atoms with Crippen LogP contribution in [0.1, 0.15) is 25.3 Å². The van der Waals surface area contributed by atoms with Gasteiger partial charge in [-0.2, -0.15) is 0 Å². The monoisotopic (exact) mass is 184 g/mol. The summed E-state index contributed by atoms with van der Waals surface area (Å²) in [4.78, 5) is 4.18. The van der Waals surface area contributed by atoms with Crippen molar-refractivity contribution in [3.8, 4) is 0 Å². The number of anilines is 1. The number of nitrogens with one attached hydrogen (secondary N) is 1. The standard InChI is InChI=1S/C9H13ClN2/c1-6(2)8-7(10)4-5-12-9(8)11-3/h4-6H,1-3H3,(H,11,12). The predicted octanol–water partition coefficient (Wildman–Crippen LogP) is 2.90. The van der Waals surface area contributed by atoms with Gasteiger partial charge in [0.05, 0.1) is 0 Å². The van der Waals surface area contributed by atoms with E-state index in [4.69, 9.17) is 11.6 Å². The minimum Gasteiger partial charge on any atom is -0.373 e. The van der Waals surface area contributed by atoms with E-state index in [9.17, 15) is 0 Å². The van der Waals surface area contributed by atoms with Gasteiger partial charge in [0.25, 0.3) is 0 Å². The van der Waals surface area contributed by atoms with Gasteiger partial charge in [0.1, 0.15) is 5.82 Å². The van der Waals surface area contributed by atoms with Crippen LogP contribution in [0.2, 0.25) is 5.02 Å². The van der Waals surface area contributed by atoms with Crippen molar-refractivity contribution in [1.29, 1.82) is 0 Å². The fraction of sp³-hybridized carbons (Fsp3) is 0.444. The normalized spacial score (nSPS) is 10.4. The highest BCUT2D eigenvalue weighted by Gasteiger charge is 2.10. The van der Waals surface area contributed by atoms with Crippen LogP contribution in [0.3, 0.4) is 0 Å². The second-order valence-electron chi connectivity index (χ2n) is 2.96. The third-order valence-corrected chi connectivity index (χ3v) is 2.08. The molecule has 1 aromatic heterocycles. The molecule has 12 heavy (non-hydrogen) atoms. The summed E-state index contributed by atoms with van der Waals surface area (Å²) in [5.41, 5.74) is 1.08.